The zero-order valence-electron chi connectivity index (χ0n) is 9.95. The van der Waals surface area contributed by atoms with E-state index in [1.165, 1.54) is 0 Å². The molecule has 4 N–H and O–H groups in total. The third-order valence-electron chi connectivity index (χ3n) is 2.71. The Morgan fingerprint density at radius 3 is 2.63 bits per heavy atom. The first-order chi connectivity index (χ1) is 9.25. The second-order valence-electron chi connectivity index (χ2n) is 3.92. The van der Waals surface area contributed by atoms with Crippen molar-refractivity contribution in [3.05, 3.63) is 43.1 Å². The maximum absolute atomic E-state index is 5.69. The number of aromatic nitrogens is 3. The lowest BCUT2D eigenvalue weighted by molar-refractivity contribution is 0.582. The molecule has 3 aromatic rings. The van der Waals surface area contributed by atoms with Crippen molar-refractivity contribution in [1.82, 2.24) is 15.0 Å². The highest BCUT2D eigenvalue weighted by molar-refractivity contribution is 5.79. The second-order valence-corrected chi connectivity index (χ2v) is 3.92. The molecule has 3 aromatic heterocycles. The maximum atomic E-state index is 5.69. The summed E-state index contributed by atoms with van der Waals surface area (Å²) in [5.74, 6) is 1.14. The average molecular weight is 253 g/mol. The summed E-state index contributed by atoms with van der Waals surface area (Å²) in [4.78, 5) is 12.4. The summed E-state index contributed by atoms with van der Waals surface area (Å²) >= 11 is 0. The molecule has 3 heterocycles. The van der Waals surface area contributed by atoms with E-state index in [1.807, 2.05) is 18.2 Å². The molecule has 0 spiro atoms. The van der Waals surface area contributed by atoms with Gasteiger partial charge >= 0.3 is 0 Å². The van der Waals surface area contributed by atoms with Gasteiger partial charge in [-0.3, -0.25) is 4.98 Å². The Kier molecular flexibility index (Phi) is 2.60. The lowest BCUT2D eigenvalue weighted by Gasteiger charge is -2.07. The van der Waals surface area contributed by atoms with E-state index in [9.17, 15) is 0 Å². The topological polar surface area (TPSA) is 104 Å². The van der Waals surface area contributed by atoms with Crippen molar-refractivity contribution in [1.29, 1.82) is 0 Å². The van der Waals surface area contributed by atoms with Crippen LogP contribution >= 0.6 is 0 Å². The lowest BCUT2D eigenvalue weighted by atomic mass is 10.1. The molecule has 0 aliphatic carbocycles. The highest BCUT2D eigenvalue weighted by Crippen LogP contribution is 2.30. The molecule has 6 nitrogen and oxygen atoms in total. The molecule has 0 radical (unpaired) electrons. The Balaban J connectivity index is 2.17. The number of nitrogen functional groups attached to an aromatic ring is 2. The average Bonchev–Trinajstić information content (AvgIpc) is 2.96. The number of pyridine rings is 1. The number of furan rings is 1. The van der Waals surface area contributed by atoms with Gasteiger partial charge < -0.3 is 15.9 Å². The fraction of sp³-hybridized carbons (Fsp3) is 0. The van der Waals surface area contributed by atoms with Crippen LogP contribution in [0.3, 0.4) is 0 Å². The van der Waals surface area contributed by atoms with E-state index in [-0.39, 0.29) is 11.6 Å². The molecule has 3 rings (SSSR count). The smallest absolute Gasteiger partial charge is 0.166 e. The fourth-order valence-electron chi connectivity index (χ4n) is 1.79. The van der Waals surface area contributed by atoms with Crippen LogP contribution < -0.4 is 11.5 Å². The Bertz CT molecular complexity index is 709. The number of rotatable bonds is 2. The van der Waals surface area contributed by atoms with Crippen molar-refractivity contribution in [2.75, 3.05) is 11.5 Å². The zero-order valence-corrected chi connectivity index (χ0v) is 9.95. The normalized spacial score (nSPS) is 10.5. The molecule has 0 unspecified atom stereocenters. The Morgan fingerprint density at radius 1 is 1.00 bits per heavy atom. The van der Waals surface area contributed by atoms with Crippen LogP contribution in [0.4, 0.5) is 11.6 Å². The summed E-state index contributed by atoms with van der Waals surface area (Å²) in [5.41, 5.74) is 13.5. The van der Waals surface area contributed by atoms with Gasteiger partial charge in [0.15, 0.2) is 11.6 Å². The molecule has 0 aliphatic rings. The van der Waals surface area contributed by atoms with E-state index in [0.29, 0.717) is 11.5 Å². The van der Waals surface area contributed by atoms with Crippen LogP contribution in [0.1, 0.15) is 0 Å². The van der Waals surface area contributed by atoms with Gasteiger partial charge in [0.1, 0.15) is 5.76 Å². The predicted octanol–water partition coefficient (Wildman–Crippen LogP) is 1.96. The van der Waals surface area contributed by atoms with E-state index >= 15 is 0 Å². The van der Waals surface area contributed by atoms with E-state index < -0.39 is 0 Å². The fourth-order valence-corrected chi connectivity index (χ4v) is 1.79. The van der Waals surface area contributed by atoms with Gasteiger partial charge in [-0.1, -0.05) is 0 Å². The molecular weight excluding hydrogens is 242 g/mol. The first-order valence-electron chi connectivity index (χ1n) is 5.62. The van der Waals surface area contributed by atoms with Crippen LogP contribution in [0.25, 0.3) is 22.6 Å². The van der Waals surface area contributed by atoms with Gasteiger partial charge in [-0.25, -0.2) is 9.97 Å². The number of anilines is 2. The summed E-state index contributed by atoms with van der Waals surface area (Å²) in [6.45, 7) is 0. The monoisotopic (exact) mass is 253 g/mol. The first kappa shape index (κ1) is 11.2. The largest absolute Gasteiger partial charge is 0.464 e. The standard InChI is InChI=1S/C13H11N5O/c14-12-13(15)18-10(7-17-12)8-3-4-16-6-9(8)11-2-1-5-19-11/h1-7H,(H2,14,17)(H2,15,18). The summed E-state index contributed by atoms with van der Waals surface area (Å²) in [6, 6.07) is 5.50. The van der Waals surface area contributed by atoms with Gasteiger partial charge in [-0.05, 0) is 18.2 Å². The van der Waals surface area contributed by atoms with Gasteiger partial charge in [0, 0.05) is 23.5 Å². The molecule has 0 amide bonds. The van der Waals surface area contributed by atoms with Crippen molar-refractivity contribution in [2.45, 2.75) is 0 Å². The summed E-state index contributed by atoms with van der Waals surface area (Å²) in [7, 11) is 0. The molecule has 0 saturated carbocycles. The Labute approximate surface area is 109 Å². The van der Waals surface area contributed by atoms with E-state index in [1.54, 1.807) is 24.9 Å². The van der Waals surface area contributed by atoms with Gasteiger partial charge in [0.05, 0.1) is 18.2 Å². The number of nitrogens with zero attached hydrogens (tertiary/aromatic N) is 3. The van der Waals surface area contributed by atoms with Crippen molar-refractivity contribution < 1.29 is 4.42 Å². The van der Waals surface area contributed by atoms with Gasteiger partial charge in [0.2, 0.25) is 0 Å². The van der Waals surface area contributed by atoms with Crippen LogP contribution in [0.15, 0.2) is 47.5 Å². The molecule has 0 fully saturated rings. The minimum Gasteiger partial charge on any atom is -0.464 e. The maximum Gasteiger partial charge on any atom is 0.166 e. The van der Waals surface area contributed by atoms with E-state index in [2.05, 4.69) is 15.0 Å². The second kappa shape index (κ2) is 4.41. The predicted molar refractivity (Wildman–Crippen MR) is 71.8 cm³/mol. The SMILES string of the molecule is Nc1ncc(-c2ccncc2-c2ccco2)nc1N. The van der Waals surface area contributed by atoms with Crippen LogP contribution in [-0.2, 0) is 0 Å². The third kappa shape index (κ3) is 1.99. The van der Waals surface area contributed by atoms with Gasteiger partial charge in [-0.2, -0.15) is 0 Å². The van der Waals surface area contributed by atoms with Crippen molar-refractivity contribution in [3.8, 4) is 22.6 Å². The van der Waals surface area contributed by atoms with Crippen molar-refractivity contribution >= 4 is 11.6 Å². The van der Waals surface area contributed by atoms with Gasteiger partial charge in [-0.15, -0.1) is 0 Å². The van der Waals surface area contributed by atoms with Crippen molar-refractivity contribution in [2.24, 2.45) is 0 Å². The van der Waals surface area contributed by atoms with E-state index in [4.69, 9.17) is 15.9 Å². The summed E-state index contributed by atoms with van der Waals surface area (Å²) < 4.78 is 5.39. The molecule has 0 saturated heterocycles. The summed E-state index contributed by atoms with van der Waals surface area (Å²) in [5, 5.41) is 0. The highest BCUT2D eigenvalue weighted by atomic mass is 16.3. The Morgan fingerprint density at radius 2 is 1.89 bits per heavy atom. The number of hydrogen-bond donors (Lipinski definition) is 2. The molecule has 0 aliphatic heterocycles. The molecule has 0 atom stereocenters. The number of hydrogen-bond acceptors (Lipinski definition) is 6. The molecule has 0 bridgehead atoms. The first-order valence-corrected chi connectivity index (χ1v) is 5.62. The van der Waals surface area contributed by atoms with Crippen LogP contribution in [-0.4, -0.2) is 15.0 Å². The zero-order chi connectivity index (χ0) is 13.2. The molecule has 94 valence electrons. The van der Waals surface area contributed by atoms with Crippen molar-refractivity contribution in [3.63, 3.8) is 0 Å². The number of nitrogens with two attached hydrogens (primary N) is 2. The molecule has 6 heteroatoms. The quantitative estimate of drug-likeness (QED) is 0.723. The minimum absolute atomic E-state index is 0.208. The summed E-state index contributed by atoms with van der Waals surface area (Å²) in [6.07, 6.45) is 6.57. The van der Waals surface area contributed by atoms with E-state index in [0.717, 1.165) is 11.1 Å². The molecule has 0 aromatic carbocycles. The minimum atomic E-state index is 0.208. The molecule has 19 heavy (non-hydrogen) atoms. The van der Waals surface area contributed by atoms with Crippen LogP contribution in [0.5, 0.6) is 0 Å². The van der Waals surface area contributed by atoms with Gasteiger partial charge in [0.25, 0.3) is 0 Å². The lowest BCUT2D eigenvalue weighted by Crippen LogP contribution is -2.02. The molecular formula is C13H11N5O. The highest BCUT2D eigenvalue weighted by Gasteiger charge is 2.12. The van der Waals surface area contributed by atoms with Crippen LogP contribution in [0.2, 0.25) is 0 Å². The Hall–Kier alpha value is -2.89. The van der Waals surface area contributed by atoms with Crippen LogP contribution in [0, 0.1) is 0 Å². The third-order valence-corrected chi connectivity index (χ3v) is 2.71.